The van der Waals surface area contributed by atoms with Crippen LogP contribution in [0, 0.1) is 41.5 Å². The van der Waals surface area contributed by atoms with Gasteiger partial charge in [0.05, 0.1) is 17.1 Å². The van der Waals surface area contributed by atoms with Gasteiger partial charge in [-0.25, -0.2) is 19.9 Å². The van der Waals surface area contributed by atoms with Gasteiger partial charge in [-0.1, -0.05) is 145 Å². The van der Waals surface area contributed by atoms with E-state index in [2.05, 4.69) is 181 Å². The van der Waals surface area contributed by atoms with Crippen molar-refractivity contribution in [2.45, 2.75) is 41.5 Å². The predicted molar refractivity (Wildman–Crippen MR) is 231 cm³/mol. The van der Waals surface area contributed by atoms with Crippen LogP contribution in [0.3, 0.4) is 0 Å². The second kappa shape index (κ2) is 14.8. The Morgan fingerprint density at radius 2 is 0.855 bits per heavy atom. The van der Waals surface area contributed by atoms with Crippen molar-refractivity contribution < 1.29 is 0 Å². The predicted octanol–water partition coefficient (Wildman–Crippen LogP) is 9.16. The zero-order valence-electron chi connectivity index (χ0n) is 32.3. The average Bonchev–Trinajstić information content (AvgIpc) is 3.19. The van der Waals surface area contributed by atoms with Gasteiger partial charge < -0.3 is 0 Å². The van der Waals surface area contributed by atoms with E-state index in [1.54, 1.807) is 6.33 Å². The zero-order valence-corrected chi connectivity index (χ0v) is 33.3. The molecule has 6 aromatic carbocycles. The van der Waals surface area contributed by atoms with Crippen molar-refractivity contribution in [3.05, 3.63) is 191 Å². The zero-order chi connectivity index (χ0) is 38.1. The van der Waals surface area contributed by atoms with Crippen LogP contribution >= 0.6 is 0 Å². The monoisotopic (exact) mass is 728 g/mol. The summed E-state index contributed by atoms with van der Waals surface area (Å²) in [7, 11) is -2.92. The van der Waals surface area contributed by atoms with Crippen LogP contribution in [0.1, 0.15) is 33.4 Å². The Kier molecular flexibility index (Phi) is 9.64. The van der Waals surface area contributed by atoms with Crippen molar-refractivity contribution in [1.29, 1.82) is 0 Å². The van der Waals surface area contributed by atoms with E-state index in [0.29, 0.717) is 0 Å². The van der Waals surface area contributed by atoms with Gasteiger partial charge in [0.15, 0.2) is 13.9 Å². The molecule has 4 nitrogen and oxygen atoms in total. The van der Waals surface area contributed by atoms with Gasteiger partial charge in [0.25, 0.3) is 0 Å². The fourth-order valence-electron chi connectivity index (χ4n) is 8.61. The van der Waals surface area contributed by atoms with Crippen molar-refractivity contribution in [1.82, 2.24) is 19.9 Å². The Labute approximate surface area is 325 Å². The maximum Gasteiger partial charge on any atom is 0.179 e. The van der Waals surface area contributed by atoms with E-state index < -0.39 is 8.07 Å². The number of aryl methyl sites for hydroxylation is 6. The summed E-state index contributed by atoms with van der Waals surface area (Å²) in [6.45, 7) is 12.9. The minimum Gasteiger partial charge on any atom is -0.237 e. The molecule has 0 radical (unpaired) electrons. The van der Waals surface area contributed by atoms with Gasteiger partial charge in [-0.2, -0.15) is 0 Å². The third-order valence-corrected chi connectivity index (χ3v) is 15.5. The molecule has 0 aliphatic rings. The molecular formula is C50H44N4Si. The van der Waals surface area contributed by atoms with Gasteiger partial charge in [-0.05, 0) is 96.7 Å². The SMILES string of the molecule is Cc1cc(C)c(-c2cc(-c3cccc([Si](c4ccccc4)(c4ccccc4)c4cccc(-c5ccnc(-c6c(C)cc(C)cc6C)n5)c4)c3)ncn2)c(C)c1. The fourth-order valence-corrected chi connectivity index (χ4v) is 13.4. The lowest BCUT2D eigenvalue weighted by atomic mass is 9.96. The molecule has 0 aliphatic heterocycles. The lowest BCUT2D eigenvalue weighted by molar-refractivity contribution is 1.16. The summed E-state index contributed by atoms with van der Waals surface area (Å²) in [5.74, 6) is 0.750. The summed E-state index contributed by atoms with van der Waals surface area (Å²) in [6.07, 6.45) is 3.59. The Bertz CT molecular complexity index is 2440. The van der Waals surface area contributed by atoms with E-state index in [9.17, 15) is 0 Å². The van der Waals surface area contributed by atoms with E-state index in [0.717, 1.165) is 39.6 Å². The molecule has 2 heterocycles. The number of benzene rings is 6. The number of aromatic nitrogens is 4. The number of nitrogens with zero attached hydrogens (tertiary/aromatic N) is 4. The Morgan fingerprint density at radius 1 is 0.382 bits per heavy atom. The molecular weight excluding hydrogens is 685 g/mol. The molecule has 0 N–H and O–H groups in total. The summed E-state index contributed by atoms with van der Waals surface area (Å²) in [6, 6.07) is 53.2. The van der Waals surface area contributed by atoms with Crippen LogP contribution in [-0.2, 0) is 0 Å². The maximum atomic E-state index is 5.20. The van der Waals surface area contributed by atoms with Crippen LogP contribution in [0.5, 0.6) is 0 Å². The largest absolute Gasteiger partial charge is 0.237 e. The molecule has 0 saturated heterocycles. The Balaban J connectivity index is 1.32. The minimum atomic E-state index is -2.92. The number of rotatable bonds is 8. The second-order valence-corrected chi connectivity index (χ2v) is 18.6. The summed E-state index contributed by atoms with van der Waals surface area (Å²) < 4.78 is 0. The highest BCUT2D eigenvalue weighted by Gasteiger charge is 2.41. The average molecular weight is 729 g/mol. The van der Waals surface area contributed by atoms with E-state index in [1.165, 1.54) is 59.7 Å². The van der Waals surface area contributed by atoms with Crippen LogP contribution in [0.4, 0.5) is 0 Å². The van der Waals surface area contributed by atoms with Gasteiger partial charge in [0.1, 0.15) is 6.33 Å². The molecule has 0 atom stereocenters. The molecule has 55 heavy (non-hydrogen) atoms. The van der Waals surface area contributed by atoms with E-state index in [-0.39, 0.29) is 0 Å². The smallest absolute Gasteiger partial charge is 0.179 e. The quantitative estimate of drug-likeness (QED) is 0.116. The van der Waals surface area contributed by atoms with Crippen LogP contribution in [0.15, 0.2) is 158 Å². The lowest BCUT2D eigenvalue weighted by Crippen LogP contribution is -2.74. The minimum absolute atomic E-state index is 0.750. The summed E-state index contributed by atoms with van der Waals surface area (Å²) in [5, 5.41) is 5.16. The molecule has 5 heteroatoms. The summed E-state index contributed by atoms with van der Waals surface area (Å²) in [4.78, 5) is 19.6. The third kappa shape index (κ3) is 6.73. The highest BCUT2D eigenvalue weighted by molar-refractivity contribution is 7.20. The van der Waals surface area contributed by atoms with Gasteiger partial charge in [-0.3, -0.25) is 0 Å². The van der Waals surface area contributed by atoms with Crippen LogP contribution in [0.25, 0.3) is 45.2 Å². The first-order valence-electron chi connectivity index (χ1n) is 18.9. The standard InChI is InChI=1S/C50H44N4Si/c1-33-25-35(3)48(36(4)26-33)47-31-46(52-32-53-47)40-16-14-22-44(30-40)55(41-17-9-7-10-18-41,42-19-11-8-12-20-42)43-21-13-15-39(29-43)45-23-24-51-50(54-45)49-37(5)27-34(2)28-38(49)6/h7-32H,1-6H3. The van der Waals surface area contributed by atoms with E-state index in [1.807, 2.05) is 12.3 Å². The Hall–Kier alpha value is -6.30. The number of hydrogen-bond donors (Lipinski definition) is 0. The Morgan fingerprint density at radius 3 is 1.40 bits per heavy atom. The van der Waals surface area contributed by atoms with Crippen molar-refractivity contribution in [2.75, 3.05) is 0 Å². The maximum absolute atomic E-state index is 5.20. The van der Waals surface area contributed by atoms with Crippen molar-refractivity contribution in [3.63, 3.8) is 0 Å². The molecule has 0 spiro atoms. The normalized spacial score (nSPS) is 11.5. The van der Waals surface area contributed by atoms with Crippen LogP contribution in [-0.4, -0.2) is 28.0 Å². The van der Waals surface area contributed by atoms with E-state index in [4.69, 9.17) is 19.9 Å². The first-order valence-corrected chi connectivity index (χ1v) is 20.9. The molecule has 0 bridgehead atoms. The van der Waals surface area contributed by atoms with Crippen LogP contribution in [0.2, 0.25) is 0 Å². The molecule has 0 unspecified atom stereocenters. The molecule has 0 amide bonds. The highest BCUT2D eigenvalue weighted by Crippen LogP contribution is 2.30. The molecule has 2 aromatic heterocycles. The van der Waals surface area contributed by atoms with Crippen molar-refractivity contribution in [2.24, 2.45) is 0 Å². The van der Waals surface area contributed by atoms with Gasteiger partial charge >= 0.3 is 0 Å². The first-order chi connectivity index (χ1) is 26.7. The topological polar surface area (TPSA) is 51.6 Å². The molecule has 0 fully saturated rings. The van der Waals surface area contributed by atoms with Crippen molar-refractivity contribution in [3.8, 4) is 45.2 Å². The number of hydrogen-bond acceptors (Lipinski definition) is 4. The molecule has 8 rings (SSSR count). The molecule has 0 saturated carbocycles. The van der Waals surface area contributed by atoms with Gasteiger partial charge in [0, 0.05) is 28.5 Å². The highest BCUT2D eigenvalue weighted by atomic mass is 28.3. The van der Waals surface area contributed by atoms with Crippen LogP contribution < -0.4 is 20.7 Å². The first kappa shape index (κ1) is 35.7. The summed E-state index contributed by atoms with van der Waals surface area (Å²) in [5.41, 5.74) is 14.4. The third-order valence-electron chi connectivity index (χ3n) is 10.8. The van der Waals surface area contributed by atoms with Crippen molar-refractivity contribution >= 4 is 28.8 Å². The van der Waals surface area contributed by atoms with Gasteiger partial charge in [0.2, 0.25) is 0 Å². The summed E-state index contributed by atoms with van der Waals surface area (Å²) >= 11 is 0. The molecule has 0 aliphatic carbocycles. The van der Waals surface area contributed by atoms with E-state index >= 15 is 0 Å². The lowest BCUT2D eigenvalue weighted by Gasteiger charge is -2.35. The molecule has 8 aromatic rings. The van der Waals surface area contributed by atoms with Gasteiger partial charge in [-0.15, -0.1) is 0 Å². The fraction of sp³-hybridized carbons (Fsp3) is 0.120. The second-order valence-electron chi connectivity index (χ2n) is 14.7. The molecule has 268 valence electrons.